The van der Waals surface area contributed by atoms with Crippen molar-refractivity contribution in [3.63, 3.8) is 0 Å². The molecular formula is C12H14N2O6. The third-order valence-electron chi connectivity index (χ3n) is 2.72. The van der Waals surface area contributed by atoms with Gasteiger partial charge in [-0.05, 0) is 5.41 Å². The zero-order chi connectivity index (χ0) is 15.7. The Kier molecular flexibility index (Phi) is 4.07. The molecule has 0 N–H and O–H groups in total. The van der Waals surface area contributed by atoms with Gasteiger partial charge in [-0.1, -0.05) is 20.8 Å². The summed E-state index contributed by atoms with van der Waals surface area (Å²) in [7, 11) is 1.05. The second kappa shape index (κ2) is 5.24. The number of esters is 1. The summed E-state index contributed by atoms with van der Waals surface area (Å²) in [5.41, 5.74) is -1.78. The van der Waals surface area contributed by atoms with Crippen molar-refractivity contribution in [3.8, 4) is 0 Å². The minimum Gasteiger partial charge on any atom is -0.465 e. The second-order valence-corrected chi connectivity index (χ2v) is 5.14. The molecule has 0 fully saturated rings. The van der Waals surface area contributed by atoms with Gasteiger partial charge in [-0.3, -0.25) is 20.2 Å². The van der Waals surface area contributed by atoms with Crippen LogP contribution in [-0.2, 0) is 10.2 Å². The molecule has 0 atom stereocenters. The molecule has 0 aliphatic heterocycles. The smallest absolute Gasteiger partial charge is 0.345 e. The Labute approximate surface area is 114 Å². The molecule has 8 heteroatoms. The predicted molar refractivity (Wildman–Crippen MR) is 69.8 cm³/mol. The van der Waals surface area contributed by atoms with Crippen LogP contribution in [-0.4, -0.2) is 22.9 Å². The van der Waals surface area contributed by atoms with E-state index in [2.05, 4.69) is 4.74 Å². The van der Waals surface area contributed by atoms with Gasteiger partial charge >= 0.3 is 5.97 Å². The Morgan fingerprint density at radius 1 is 1.10 bits per heavy atom. The SMILES string of the molecule is COC(=O)c1cc([N+](=O)[O-])c(C(C)(C)C)cc1[N+](=O)[O-]. The van der Waals surface area contributed by atoms with E-state index >= 15 is 0 Å². The molecule has 108 valence electrons. The van der Waals surface area contributed by atoms with Gasteiger partial charge in [-0.15, -0.1) is 0 Å². The molecule has 0 heterocycles. The molecule has 1 aromatic carbocycles. The number of nitro groups is 2. The van der Waals surface area contributed by atoms with E-state index in [1.54, 1.807) is 20.8 Å². The van der Waals surface area contributed by atoms with E-state index in [4.69, 9.17) is 0 Å². The van der Waals surface area contributed by atoms with E-state index in [0.717, 1.165) is 19.2 Å². The Morgan fingerprint density at radius 3 is 1.95 bits per heavy atom. The van der Waals surface area contributed by atoms with Crippen LogP contribution in [0.2, 0.25) is 0 Å². The van der Waals surface area contributed by atoms with Crippen molar-refractivity contribution < 1.29 is 19.4 Å². The normalized spacial score (nSPS) is 11.0. The fourth-order valence-corrected chi connectivity index (χ4v) is 1.75. The molecule has 0 unspecified atom stereocenters. The maximum atomic E-state index is 11.5. The lowest BCUT2D eigenvalue weighted by Gasteiger charge is -2.19. The molecule has 20 heavy (non-hydrogen) atoms. The summed E-state index contributed by atoms with van der Waals surface area (Å²) in [5, 5.41) is 22.1. The standard InChI is InChI=1S/C12H14N2O6/c1-12(2,3)8-6-9(13(16)17)7(11(15)20-4)5-10(8)14(18)19/h5-6H,1-4H3. The first kappa shape index (κ1) is 15.5. The van der Waals surface area contributed by atoms with Crippen LogP contribution < -0.4 is 0 Å². The maximum Gasteiger partial charge on any atom is 0.345 e. The van der Waals surface area contributed by atoms with Crippen LogP contribution in [0.1, 0.15) is 36.7 Å². The third kappa shape index (κ3) is 2.90. The summed E-state index contributed by atoms with van der Waals surface area (Å²) in [4.78, 5) is 32.2. The number of carbonyl (C=O) groups excluding carboxylic acids is 1. The molecular weight excluding hydrogens is 268 g/mol. The molecule has 1 aromatic rings. The molecule has 0 aliphatic carbocycles. The molecule has 0 aliphatic rings. The minimum absolute atomic E-state index is 0.182. The van der Waals surface area contributed by atoms with Gasteiger partial charge in [0, 0.05) is 17.7 Å². The van der Waals surface area contributed by atoms with Crippen molar-refractivity contribution >= 4 is 17.3 Å². The first-order chi connectivity index (χ1) is 9.09. The minimum atomic E-state index is -0.986. The van der Waals surface area contributed by atoms with Crippen molar-refractivity contribution in [2.24, 2.45) is 0 Å². The van der Waals surface area contributed by atoms with Crippen LogP contribution >= 0.6 is 0 Å². The van der Waals surface area contributed by atoms with Crippen LogP contribution in [0.3, 0.4) is 0 Å². The Bertz CT molecular complexity index is 588. The van der Waals surface area contributed by atoms with Crippen LogP contribution in [0.25, 0.3) is 0 Å². The molecule has 1 rings (SSSR count). The summed E-state index contributed by atoms with van der Waals surface area (Å²) in [6.07, 6.45) is 0. The number of hydrogen-bond acceptors (Lipinski definition) is 6. The number of nitrogens with zero attached hydrogens (tertiary/aromatic N) is 2. The number of benzene rings is 1. The summed E-state index contributed by atoms with van der Waals surface area (Å²) < 4.78 is 4.42. The number of carbonyl (C=O) groups is 1. The first-order valence-corrected chi connectivity index (χ1v) is 5.65. The van der Waals surface area contributed by atoms with E-state index in [1.807, 2.05) is 0 Å². The zero-order valence-electron chi connectivity index (χ0n) is 11.5. The predicted octanol–water partition coefficient (Wildman–Crippen LogP) is 2.59. The van der Waals surface area contributed by atoms with Gasteiger partial charge in [0.15, 0.2) is 0 Å². The van der Waals surface area contributed by atoms with Gasteiger partial charge in [0.25, 0.3) is 11.4 Å². The first-order valence-electron chi connectivity index (χ1n) is 5.65. The van der Waals surface area contributed by atoms with Gasteiger partial charge in [-0.2, -0.15) is 0 Å². The van der Waals surface area contributed by atoms with Crippen molar-refractivity contribution in [3.05, 3.63) is 43.5 Å². The summed E-state index contributed by atoms with van der Waals surface area (Å²) >= 11 is 0. The lowest BCUT2D eigenvalue weighted by molar-refractivity contribution is -0.390. The molecule has 0 radical (unpaired) electrons. The zero-order valence-corrected chi connectivity index (χ0v) is 11.5. The molecule has 0 saturated heterocycles. The topological polar surface area (TPSA) is 113 Å². The average molecular weight is 282 g/mol. The Morgan fingerprint density at radius 2 is 1.60 bits per heavy atom. The van der Waals surface area contributed by atoms with Gasteiger partial charge in [0.1, 0.15) is 5.56 Å². The lowest BCUT2D eigenvalue weighted by atomic mass is 9.84. The highest BCUT2D eigenvalue weighted by atomic mass is 16.6. The summed E-state index contributed by atoms with van der Waals surface area (Å²) in [6.45, 7) is 5.07. The highest BCUT2D eigenvalue weighted by Gasteiger charge is 2.32. The number of ether oxygens (including phenoxy) is 1. The third-order valence-corrected chi connectivity index (χ3v) is 2.72. The van der Waals surface area contributed by atoms with Gasteiger partial charge in [0.2, 0.25) is 0 Å². The molecule has 0 spiro atoms. The maximum absolute atomic E-state index is 11.5. The second-order valence-electron chi connectivity index (χ2n) is 5.14. The number of methoxy groups -OCH3 is 1. The van der Waals surface area contributed by atoms with E-state index in [1.165, 1.54) is 0 Å². The van der Waals surface area contributed by atoms with E-state index in [-0.39, 0.29) is 11.3 Å². The molecule has 0 amide bonds. The van der Waals surface area contributed by atoms with E-state index < -0.39 is 32.5 Å². The van der Waals surface area contributed by atoms with Crippen LogP contribution in [0, 0.1) is 20.2 Å². The molecule has 0 bridgehead atoms. The van der Waals surface area contributed by atoms with Crippen molar-refractivity contribution in [2.45, 2.75) is 26.2 Å². The summed E-state index contributed by atoms with van der Waals surface area (Å²) in [6, 6.07) is 1.95. The molecule has 0 aromatic heterocycles. The van der Waals surface area contributed by atoms with Crippen LogP contribution in [0.5, 0.6) is 0 Å². The van der Waals surface area contributed by atoms with Crippen molar-refractivity contribution in [2.75, 3.05) is 7.11 Å². The monoisotopic (exact) mass is 282 g/mol. The number of hydrogen-bond donors (Lipinski definition) is 0. The Hall–Kier alpha value is -2.51. The fourth-order valence-electron chi connectivity index (χ4n) is 1.75. The van der Waals surface area contributed by atoms with Crippen LogP contribution in [0.4, 0.5) is 11.4 Å². The van der Waals surface area contributed by atoms with Crippen molar-refractivity contribution in [1.82, 2.24) is 0 Å². The van der Waals surface area contributed by atoms with Gasteiger partial charge in [0.05, 0.1) is 17.0 Å². The lowest BCUT2D eigenvalue weighted by Crippen LogP contribution is -2.16. The number of nitro benzene ring substituents is 2. The van der Waals surface area contributed by atoms with E-state index in [0.29, 0.717) is 0 Å². The molecule has 8 nitrogen and oxygen atoms in total. The highest BCUT2D eigenvalue weighted by Crippen LogP contribution is 2.36. The molecule has 0 saturated carbocycles. The van der Waals surface area contributed by atoms with Crippen LogP contribution in [0.15, 0.2) is 12.1 Å². The quantitative estimate of drug-likeness (QED) is 0.478. The largest absolute Gasteiger partial charge is 0.465 e. The van der Waals surface area contributed by atoms with Crippen molar-refractivity contribution in [1.29, 1.82) is 0 Å². The van der Waals surface area contributed by atoms with Gasteiger partial charge in [-0.25, -0.2) is 4.79 Å². The number of rotatable bonds is 3. The Balaban J connectivity index is 3.73. The average Bonchev–Trinajstić information content (AvgIpc) is 2.34. The van der Waals surface area contributed by atoms with Gasteiger partial charge < -0.3 is 4.74 Å². The fraction of sp³-hybridized carbons (Fsp3) is 0.417. The summed E-state index contributed by atoms with van der Waals surface area (Å²) in [5.74, 6) is -0.986. The van der Waals surface area contributed by atoms with E-state index in [9.17, 15) is 25.0 Å². The highest BCUT2D eigenvalue weighted by molar-refractivity contribution is 5.95.